The maximum atomic E-state index is 8.85. The Balaban J connectivity index is 0.00000154. The van der Waals surface area contributed by atoms with Crippen LogP contribution >= 0.6 is 7.92 Å². The van der Waals surface area contributed by atoms with E-state index in [-0.39, 0.29) is 17.1 Å². The summed E-state index contributed by atoms with van der Waals surface area (Å²) >= 11 is 0. The van der Waals surface area contributed by atoms with Crippen LogP contribution in [0.25, 0.3) is 11.0 Å². The molecule has 0 fully saturated rings. The molecule has 0 saturated carbocycles. The molecule has 0 saturated heterocycles. The van der Waals surface area contributed by atoms with Crippen molar-refractivity contribution in [2.24, 2.45) is 0 Å². The third-order valence-electron chi connectivity index (χ3n) is 4.73. The first-order valence-corrected chi connectivity index (χ1v) is 16.9. The predicted octanol–water partition coefficient (Wildman–Crippen LogP) is 10.1. The Morgan fingerprint density at radius 2 is 1.38 bits per heavy atom. The summed E-state index contributed by atoms with van der Waals surface area (Å²) in [5.74, 6) is 1.60. The summed E-state index contributed by atoms with van der Waals surface area (Å²) in [7, 11) is -1.38. The minimum Gasteiger partial charge on any atom is -0.657 e. The fourth-order valence-electron chi connectivity index (χ4n) is 3.47. The molecular weight excluding hydrogens is 465 g/mol. The van der Waals surface area contributed by atoms with Gasteiger partial charge in [0.1, 0.15) is 0 Å². The second kappa shape index (κ2) is 14.0. The van der Waals surface area contributed by atoms with Gasteiger partial charge in [-0.15, -0.1) is 19.5 Å². The zero-order valence-corrected chi connectivity index (χ0v) is 25.2. The van der Waals surface area contributed by atoms with Gasteiger partial charge in [0.05, 0.1) is 1.37 Å². The van der Waals surface area contributed by atoms with E-state index in [1.165, 1.54) is 16.7 Å². The van der Waals surface area contributed by atoms with Gasteiger partial charge in [0, 0.05) is 0 Å². The van der Waals surface area contributed by atoms with Crippen molar-refractivity contribution in [3.63, 3.8) is 0 Å². The van der Waals surface area contributed by atoms with E-state index in [2.05, 4.69) is 112 Å². The molecule has 1 heterocycles. The van der Waals surface area contributed by atoms with Gasteiger partial charge in [0.15, 0.2) is 0 Å². The van der Waals surface area contributed by atoms with Crippen LogP contribution in [0, 0.1) is 6.55 Å². The molecule has 2 rings (SSSR count). The molecule has 0 bridgehead atoms. The summed E-state index contributed by atoms with van der Waals surface area (Å²) in [6, 6.07) is 6.61. The monoisotopic (exact) mass is 512 g/mol. The number of rotatable bonds is 6. The molecular formula is C28H46FeNPSi. The van der Waals surface area contributed by atoms with Crippen LogP contribution in [-0.2, 0) is 17.1 Å². The van der Waals surface area contributed by atoms with Gasteiger partial charge in [0.2, 0.25) is 0 Å². The van der Waals surface area contributed by atoms with Crippen LogP contribution < -0.4 is 0 Å². The fourth-order valence-corrected chi connectivity index (χ4v) is 5.57. The van der Waals surface area contributed by atoms with Gasteiger partial charge >= 0.3 is 17.1 Å². The topological polar surface area (TPSA) is 14.1 Å². The van der Waals surface area contributed by atoms with Gasteiger partial charge in [0.25, 0.3) is 0 Å². The summed E-state index contributed by atoms with van der Waals surface area (Å²) in [5.41, 5.74) is 6.77. The average molecular weight is 513 g/mol. The van der Waals surface area contributed by atoms with E-state index < -0.39 is 16.0 Å². The van der Waals surface area contributed by atoms with E-state index in [4.69, 9.17) is 6.69 Å². The molecule has 0 aromatic heterocycles. The van der Waals surface area contributed by atoms with Gasteiger partial charge < -0.3 is 11.9 Å². The molecule has 1 nitrogen and oxygen atoms in total. The van der Waals surface area contributed by atoms with E-state index in [0.717, 1.165) is 17.2 Å². The van der Waals surface area contributed by atoms with Crippen molar-refractivity contribution in [1.82, 2.24) is 0 Å². The largest absolute Gasteiger partial charge is 2.00 e. The van der Waals surface area contributed by atoms with Crippen LogP contribution in [-0.4, -0.2) is 19.4 Å². The first-order valence-electron chi connectivity index (χ1n) is 12.2. The molecule has 1 aliphatic heterocycles. The molecule has 0 amide bonds. The second-order valence-corrected chi connectivity index (χ2v) is 19.0. The van der Waals surface area contributed by atoms with Crippen molar-refractivity contribution in [2.75, 3.05) is 0 Å². The summed E-state index contributed by atoms with van der Waals surface area (Å²) in [6.45, 7) is 28.4. The first-order chi connectivity index (χ1) is 14.6. The van der Waals surface area contributed by atoms with Gasteiger partial charge in [-0.3, -0.25) is 0 Å². The van der Waals surface area contributed by atoms with E-state index in [0.29, 0.717) is 23.2 Å². The number of nitrogens with zero attached hydrogens (tertiary/aromatic N) is 1. The Kier molecular flexibility index (Phi) is 12.8. The molecule has 1 aromatic rings. The van der Waals surface area contributed by atoms with E-state index in [9.17, 15) is 0 Å². The Morgan fingerprint density at radius 3 is 1.75 bits per heavy atom. The molecule has 1 aliphatic rings. The van der Waals surface area contributed by atoms with Crippen LogP contribution in [0.15, 0.2) is 47.9 Å². The van der Waals surface area contributed by atoms with Crippen LogP contribution in [0.3, 0.4) is 0 Å². The SMILES string of the molecule is [2H]/C(=C1\C=CC=C(c2c(C(C)C)cccc2C(C)C)[N-]1)P(C(C)C)C(C)C.[CH2-][Si](C)(C)C.[Fe+2]. The van der Waals surface area contributed by atoms with Crippen LogP contribution in [0.2, 0.25) is 19.6 Å². The van der Waals surface area contributed by atoms with Crippen molar-refractivity contribution in [1.29, 1.82) is 0 Å². The quantitative estimate of drug-likeness (QED) is 0.205. The van der Waals surface area contributed by atoms with Crippen molar-refractivity contribution < 1.29 is 18.4 Å². The molecule has 0 N–H and O–H groups in total. The normalized spacial score (nSPS) is 15.9. The first kappa shape index (κ1) is 29.4. The molecule has 0 aliphatic carbocycles. The average Bonchev–Trinajstić information content (AvgIpc) is 2.65. The summed E-state index contributed by atoms with van der Waals surface area (Å²) < 4.78 is 8.85. The van der Waals surface area contributed by atoms with E-state index >= 15 is 0 Å². The smallest absolute Gasteiger partial charge is 0.657 e. The Morgan fingerprint density at radius 1 is 0.938 bits per heavy atom. The van der Waals surface area contributed by atoms with Crippen molar-refractivity contribution in [3.05, 3.63) is 76.5 Å². The van der Waals surface area contributed by atoms with Crippen molar-refractivity contribution in [3.8, 4) is 0 Å². The molecule has 0 unspecified atom stereocenters. The van der Waals surface area contributed by atoms with Crippen LogP contribution in [0.5, 0.6) is 0 Å². The number of hydrogen-bond donors (Lipinski definition) is 0. The molecule has 1 aromatic carbocycles. The number of hydrogen-bond acceptors (Lipinski definition) is 0. The number of allylic oxidation sites excluding steroid dienone is 3. The minimum absolute atomic E-state index is 0. The molecule has 32 heavy (non-hydrogen) atoms. The Labute approximate surface area is 214 Å². The molecule has 0 atom stereocenters. The molecule has 0 radical (unpaired) electrons. The zero-order chi connectivity index (χ0) is 24.8. The fraction of sp³-hybridized carbons (Fsp3) is 0.536. The van der Waals surface area contributed by atoms with Crippen LogP contribution in [0.1, 0.15) is 85.3 Å². The number of benzene rings is 1. The Hall–Kier alpha value is -0.594. The summed E-state index contributed by atoms with van der Waals surface area (Å²) in [6.07, 6.45) is 6.19. The predicted molar refractivity (Wildman–Crippen MR) is 149 cm³/mol. The van der Waals surface area contributed by atoms with Gasteiger partial charge in [-0.2, -0.15) is 0 Å². The third kappa shape index (κ3) is 10.6. The Bertz CT molecular complexity index is 808. The van der Waals surface area contributed by atoms with E-state index in [1.807, 2.05) is 6.08 Å². The zero-order valence-electron chi connectivity index (χ0n) is 23.2. The van der Waals surface area contributed by atoms with Gasteiger partial charge in [-0.05, 0) is 39.8 Å². The van der Waals surface area contributed by atoms with Crippen LogP contribution in [0.4, 0.5) is 0 Å². The minimum atomic E-state index is -0.861. The third-order valence-corrected chi connectivity index (χ3v) is 7.45. The van der Waals surface area contributed by atoms with Crippen molar-refractivity contribution in [2.45, 2.75) is 98.2 Å². The van der Waals surface area contributed by atoms with Gasteiger partial charge in [-0.25, -0.2) is 0 Å². The second-order valence-electron chi connectivity index (χ2n) is 10.8. The van der Waals surface area contributed by atoms with E-state index in [1.54, 1.807) is 0 Å². The molecule has 4 heteroatoms. The maximum Gasteiger partial charge on any atom is 2.00 e. The summed E-state index contributed by atoms with van der Waals surface area (Å²) in [5, 5.41) is 5.01. The van der Waals surface area contributed by atoms with Crippen molar-refractivity contribution >= 4 is 21.7 Å². The standard InChI is InChI=1S/C24H35NP.C4H11Si.Fe/c1-16(2)21-12-10-13-22(17(3)4)24(21)23-14-9-11-20(25-23)15-26(18(5)6)19(7)8;1-5(2,3)4;/h9-19H,1-8H3;1H2,2-4H3;/q2*-1;+2/b20-15-;;/i15D;;. The molecule has 0 spiro atoms. The van der Waals surface area contributed by atoms with Gasteiger partial charge in [-0.1, -0.05) is 125 Å². The maximum absolute atomic E-state index is 8.85. The molecule has 180 valence electrons. The summed E-state index contributed by atoms with van der Waals surface area (Å²) in [4.78, 5) is 0.